The first-order valence-corrected chi connectivity index (χ1v) is 10.2. The molecular weight excluding hydrogens is 368 g/mol. The Kier molecular flexibility index (Phi) is 4.12. The number of aryl methyl sites for hydroxylation is 2. The zero-order chi connectivity index (χ0) is 21.8. The Morgan fingerprint density at radius 1 is 0.833 bits per heavy atom. The third-order valence-corrected chi connectivity index (χ3v) is 5.72. The molecule has 0 radical (unpaired) electrons. The molecule has 0 aliphatic rings. The average molecular weight is 394 g/mol. The molecule has 30 heavy (non-hydrogen) atoms. The molecule has 0 aliphatic carbocycles. The number of nitrogens with zero attached hydrogens (tertiary/aromatic N) is 2. The van der Waals surface area contributed by atoms with Crippen LogP contribution in [0.4, 0.5) is 0 Å². The van der Waals surface area contributed by atoms with Gasteiger partial charge in [-0.25, -0.2) is 4.98 Å². The third kappa shape index (κ3) is 2.98. The summed E-state index contributed by atoms with van der Waals surface area (Å²) < 4.78 is 14.5. The van der Waals surface area contributed by atoms with E-state index in [1.54, 1.807) is 6.20 Å². The van der Waals surface area contributed by atoms with E-state index < -0.39 is 5.89 Å². The minimum Gasteiger partial charge on any atom is -0.437 e. The van der Waals surface area contributed by atoms with Gasteiger partial charge in [-0.1, -0.05) is 50.2 Å². The van der Waals surface area contributed by atoms with Crippen molar-refractivity contribution in [3.63, 3.8) is 0 Å². The van der Waals surface area contributed by atoms with Crippen molar-refractivity contribution in [1.82, 2.24) is 9.97 Å². The Bertz CT molecular complexity index is 1410. The first-order valence-electron chi connectivity index (χ1n) is 10.7. The Morgan fingerprint density at radius 2 is 1.57 bits per heavy atom. The van der Waals surface area contributed by atoms with Crippen molar-refractivity contribution in [2.45, 2.75) is 33.6 Å². The van der Waals surface area contributed by atoms with Gasteiger partial charge >= 0.3 is 0 Å². The van der Waals surface area contributed by atoms with Gasteiger partial charge in [0.15, 0.2) is 0 Å². The van der Waals surface area contributed by atoms with Crippen molar-refractivity contribution in [1.29, 1.82) is 0 Å². The first kappa shape index (κ1) is 17.4. The van der Waals surface area contributed by atoms with E-state index >= 15 is 0 Å². The van der Waals surface area contributed by atoms with Crippen LogP contribution >= 0.6 is 0 Å². The molecule has 0 atom stereocenters. The number of fused-ring (bicyclic) bond motifs is 3. The van der Waals surface area contributed by atoms with Crippen LogP contribution < -0.4 is 0 Å². The molecule has 3 heterocycles. The highest BCUT2D eigenvalue weighted by Crippen LogP contribution is 2.36. The molecule has 0 fully saturated rings. The van der Waals surface area contributed by atoms with Gasteiger partial charge in [0.25, 0.3) is 0 Å². The summed E-state index contributed by atoms with van der Waals surface area (Å²) in [5.41, 5.74) is 8.53. The molecule has 0 amide bonds. The van der Waals surface area contributed by atoms with Gasteiger partial charge < -0.3 is 4.42 Å². The zero-order valence-corrected chi connectivity index (χ0v) is 17.7. The number of aromatic nitrogens is 2. The molecule has 0 saturated heterocycles. The lowest BCUT2D eigenvalue weighted by Crippen LogP contribution is -1.90. The maximum Gasteiger partial charge on any atom is 0.227 e. The highest BCUT2D eigenvalue weighted by Gasteiger charge is 2.16. The van der Waals surface area contributed by atoms with E-state index in [1.807, 2.05) is 38.1 Å². The summed E-state index contributed by atoms with van der Waals surface area (Å²) in [6, 6.07) is 20.5. The van der Waals surface area contributed by atoms with E-state index in [1.165, 1.54) is 11.1 Å². The molecule has 0 aliphatic heterocycles. The van der Waals surface area contributed by atoms with Crippen molar-refractivity contribution < 1.29 is 5.79 Å². The number of rotatable bonds is 3. The van der Waals surface area contributed by atoms with Gasteiger partial charge in [0.2, 0.25) is 5.71 Å². The van der Waals surface area contributed by atoms with Crippen LogP contribution in [0.2, 0.25) is 0 Å². The van der Waals surface area contributed by atoms with Crippen LogP contribution in [-0.2, 0) is 0 Å². The summed E-state index contributed by atoms with van der Waals surface area (Å²) in [7, 11) is 0. The predicted octanol–water partition coefficient (Wildman–Crippen LogP) is 7.45. The molecule has 0 spiro atoms. The Labute approximate surface area is 177 Å². The number of pyridine rings is 2. The highest BCUT2D eigenvalue weighted by molar-refractivity contribution is 6.08. The van der Waals surface area contributed by atoms with E-state index in [2.05, 4.69) is 55.2 Å². The standard InChI is InChI=1S/C27H24N2O/c1-16(2)19-11-13-23(28-15-19)22-10-6-9-20-21-12-14-24(29-27(21)30-26(20)22)25-17(3)7-5-8-18(25)4/h5-16H,1-4H3/i16D. The van der Waals surface area contributed by atoms with Gasteiger partial charge in [0, 0.05) is 29.5 Å². The molecule has 3 aromatic heterocycles. The zero-order valence-electron chi connectivity index (χ0n) is 18.7. The summed E-state index contributed by atoms with van der Waals surface area (Å²) in [5.74, 6) is -0.676. The summed E-state index contributed by atoms with van der Waals surface area (Å²) in [6.45, 7) is 7.95. The number of furan rings is 1. The SMILES string of the molecule is [2H]C(C)(C)c1ccc(-c2cccc3c2oc2nc(-c4c(C)cccc4C)ccc23)nc1. The largest absolute Gasteiger partial charge is 0.437 e. The molecule has 5 aromatic rings. The van der Waals surface area contributed by atoms with Crippen molar-refractivity contribution in [2.24, 2.45) is 0 Å². The quantitative estimate of drug-likeness (QED) is 0.319. The van der Waals surface area contributed by atoms with E-state index in [4.69, 9.17) is 10.8 Å². The Balaban J connectivity index is 1.67. The maximum atomic E-state index is 8.21. The van der Waals surface area contributed by atoms with Crippen LogP contribution in [-0.4, -0.2) is 9.97 Å². The van der Waals surface area contributed by atoms with E-state index in [0.29, 0.717) is 5.71 Å². The van der Waals surface area contributed by atoms with Gasteiger partial charge in [-0.05, 0) is 60.7 Å². The first-order chi connectivity index (χ1) is 14.8. The third-order valence-electron chi connectivity index (χ3n) is 5.72. The summed E-state index contributed by atoms with van der Waals surface area (Å²) >= 11 is 0. The van der Waals surface area contributed by atoms with Crippen molar-refractivity contribution in [3.8, 4) is 22.5 Å². The summed E-state index contributed by atoms with van der Waals surface area (Å²) in [6.07, 6.45) is 1.78. The van der Waals surface area contributed by atoms with Crippen LogP contribution in [0, 0.1) is 13.8 Å². The minimum absolute atomic E-state index is 0.631. The molecule has 5 rings (SSSR count). The number of benzene rings is 2. The van der Waals surface area contributed by atoms with Crippen LogP contribution in [0.3, 0.4) is 0 Å². The van der Waals surface area contributed by atoms with E-state index in [9.17, 15) is 0 Å². The lowest BCUT2D eigenvalue weighted by atomic mass is 9.99. The van der Waals surface area contributed by atoms with Gasteiger partial charge in [0.05, 0.1) is 11.4 Å². The normalized spacial score (nSPS) is 12.5. The van der Waals surface area contributed by atoms with Crippen LogP contribution in [0.25, 0.3) is 44.6 Å². The molecule has 0 N–H and O–H groups in total. The van der Waals surface area contributed by atoms with Gasteiger partial charge in [-0.2, -0.15) is 0 Å². The average Bonchev–Trinajstić information content (AvgIpc) is 3.11. The van der Waals surface area contributed by atoms with Gasteiger partial charge in [-0.3, -0.25) is 4.98 Å². The van der Waals surface area contributed by atoms with E-state index in [-0.39, 0.29) is 0 Å². The summed E-state index contributed by atoms with van der Waals surface area (Å²) in [4.78, 5) is 9.50. The number of para-hydroxylation sites is 1. The van der Waals surface area contributed by atoms with Gasteiger partial charge in [0.1, 0.15) is 5.58 Å². The van der Waals surface area contributed by atoms with E-state index in [0.717, 1.165) is 44.4 Å². The second kappa shape index (κ2) is 7.10. The van der Waals surface area contributed by atoms with Crippen LogP contribution in [0.15, 0.2) is 71.3 Å². The molecule has 3 nitrogen and oxygen atoms in total. The monoisotopic (exact) mass is 393 g/mol. The smallest absolute Gasteiger partial charge is 0.227 e. The second-order valence-electron chi connectivity index (χ2n) is 8.03. The predicted molar refractivity (Wildman–Crippen MR) is 124 cm³/mol. The van der Waals surface area contributed by atoms with Crippen molar-refractivity contribution in [3.05, 3.63) is 83.6 Å². The minimum atomic E-state index is -0.676. The lowest BCUT2D eigenvalue weighted by molar-refractivity contribution is 0.655. The lowest BCUT2D eigenvalue weighted by Gasteiger charge is -2.08. The van der Waals surface area contributed by atoms with Crippen LogP contribution in [0.5, 0.6) is 0 Å². The van der Waals surface area contributed by atoms with Gasteiger partial charge in [-0.15, -0.1) is 0 Å². The fourth-order valence-corrected chi connectivity index (χ4v) is 4.09. The molecule has 3 heteroatoms. The highest BCUT2D eigenvalue weighted by atomic mass is 16.3. The summed E-state index contributed by atoms with van der Waals surface area (Å²) in [5, 5.41) is 2.02. The molecule has 2 aromatic carbocycles. The topological polar surface area (TPSA) is 38.9 Å². The second-order valence-corrected chi connectivity index (χ2v) is 8.03. The molecule has 0 bridgehead atoms. The maximum absolute atomic E-state index is 8.21. The number of hydrogen-bond donors (Lipinski definition) is 0. The molecule has 148 valence electrons. The fourth-order valence-electron chi connectivity index (χ4n) is 4.09. The molecular formula is C27H24N2O. The van der Waals surface area contributed by atoms with Crippen molar-refractivity contribution in [2.75, 3.05) is 0 Å². The number of hydrogen-bond acceptors (Lipinski definition) is 3. The Hall–Kier alpha value is -3.46. The Morgan fingerprint density at radius 3 is 2.27 bits per heavy atom. The molecule has 0 saturated carbocycles. The van der Waals surface area contributed by atoms with Crippen LogP contribution in [0.1, 0.15) is 37.8 Å². The van der Waals surface area contributed by atoms with Crippen molar-refractivity contribution >= 4 is 22.1 Å². The fraction of sp³-hybridized carbons (Fsp3) is 0.185. The molecule has 0 unspecified atom stereocenters.